The molecule has 1 amide bonds. The maximum Gasteiger partial charge on any atom is 0.303 e. The summed E-state index contributed by atoms with van der Waals surface area (Å²) in [5, 5.41) is 12.8. The Morgan fingerprint density at radius 1 is 1.11 bits per heavy atom. The van der Waals surface area contributed by atoms with Gasteiger partial charge in [-0.25, -0.2) is 9.37 Å². The number of aromatic nitrogens is 1. The van der Waals surface area contributed by atoms with Gasteiger partial charge in [-0.2, -0.15) is 0 Å². The molecule has 4 rings (SSSR count). The molecule has 184 valence electrons. The van der Waals surface area contributed by atoms with Crippen LogP contribution in [-0.2, 0) is 4.79 Å². The number of carboxylic acids is 1. The number of halogens is 3. The summed E-state index contributed by atoms with van der Waals surface area (Å²) in [6, 6.07) is 19.6. The molecule has 1 atom stereocenters. The number of carboxylic acid groups (broad SMARTS) is 1. The molecule has 0 aliphatic heterocycles. The molecule has 0 spiro atoms. The van der Waals surface area contributed by atoms with Crippen LogP contribution in [-0.4, -0.2) is 28.5 Å². The second kappa shape index (κ2) is 11.2. The number of aliphatic carboxylic acids is 1. The number of nitrogens with zero attached hydrogens (tertiary/aromatic N) is 1. The van der Waals surface area contributed by atoms with Crippen molar-refractivity contribution in [3.63, 3.8) is 0 Å². The number of carbonyl (C=O) groups excluding carboxylic acids is 1. The first kappa shape index (κ1) is 25.8. The van der Waals surface area contributed by atoms with Crippen molar-refractivity contribution in [3.05, 3.63) is 98.7 Å². The molecule has 0 radical (unpaired) electrons. The fraction of sp³-hybridized carbons (Fsp3) is 0.179. The van der Waals surface area contributed by atoms with E-state index in [9.17, 15) is 19.1 Å². The molecule has 5 nitrogen and oxygen atoms in total. The van der Waals surface area contributed by atoms with E-state index in [0.717, 1.165) is 15.6 Å². The van der Waals surface area contributed by atoms with Crippen LogP contribution in [0.1, 0.15) is 40.2 Å². The van der Waals surface area contributed by atoms with Gasteiger partial charge in [-0.15, -0.1) is 0 Å². The molecule has 36 heavy (non-hydrogen) atoms. The number of benzene rings is 3. The largest absolute Gasteiger partial charge is 0.481 e. The predicted molar refractivity (Wildman–Crippen MR) is 143 cm³/mol. The molecule has 0 unspecified atom stereocenters. The number of amides is 1. The van der Waals surface area contributed by atoms with E-state index >= 15 is 0 Å². The highest BCUT2D eigenvalue weighted by Gasteiger charge is 2.23. The van der Waals surface area contributed by atoms with E-state index in [4.69, 9.17) is 16.6 Å². The van der Waals surface area contributed by atoms with Crippen molar-refractivity contribution in [2.24, 2.45) is 0 Å². The number of hydrogen-bond donors (Lipinski definition) is 2. The summed E-state index contributed by atoms with van der Waals surface area (Å²) < 4.78 is 14.9. The lowest BCUT2D eigenvalue weighted by atomic mass is 9.93. The van der Waals surface area contributed by atoms with Gasteiger partial charge in [0.1, 0.15) is 5.82 Å². The summed E-state index contributed by atoms with van der Waals surface area (Å²) in [5.74, 6) is -2.38. The number of pyridine rings is 1. The molecule has 1 heterocycles. The van der Waals surface area contributed by atoms with E-state index in [1.807, 2.05) is 55.5 Å². The second-order valence-corrected chi connectivity index (χ2v) is 9.76. The molecule has 3 aromatic carbocycles. The number of rotatable bonds is 8. The number of fused-ring (bicyclic) bond motifs is 1. The van der Waals surface area contributed by atoms with Crippen molar-refractivity contribution >= 4 is 50.3 Å². The van der Waals surface area contributed by atoms with Gasteiger partial charge in [0.2, 0.25) is 0 Å². The lowest BCUT2D eigenvalue weighted by Crippen LogP contribution is -2.30. The minimum absolute atomic E-state index is 0.0667. The monoisotopic (exact) mass is 568 g/mol. The molecule has 0 aliphatic carbocycles. The Morgan fingerprint density at radius 2 is 1.86 bits per heavy atom. The average Bonchev–Trinajstić information content (AvgIpc) is 2.86. The Hall–Kier alpha value is -3.29. The molecule has 2 N–H and O–H groups in total. The lowest BCUT2D eigenvalue weighted by Gasteiger charge is -2.20. The van der Waals surface area contributed by atoms with Crippen LogP contribution in [0.2, 0.25) is 5.02 Å². The van der Waals surface area contributed by atoms with Gasteiger partial charge in [0, 0.05) is 34.3 Å². The fourth-order valence-corrected chi connectivity index (χ4v) is 4.95. The van der Waals surface area contributed by atoms with Crippen LogP contribution in [0.4, 0.5) is 4.39 Å². The van der Waals surface area contributed by atoms with Crippen LogP contribution in [0.5, 0.6) is 0 Å². The van der Waals surface area contributed by atoms with Crippen molar-refractivity contribution < 1.29 is 19.1 Å². The van der Waals surface area contributed by atoms with Gasteiger partial charge in [-0.1, -0.05) is 70.0 Å². The van der Waals surface area contributed by atoms with Crippen molar-refractivity contribution in [3.8, 4) is 11.3 Å². The predicted octanol–water partition coefficient (Wildman–Crippen LogP) is 7.14. The maximum absolute atomic E-state index is 14.1. The topological polar surface area (TPSA) is 79.3 Å². The summed E-state index contributed by atoms with van der Waals surface area (Å²) in [6.45, 7) is 1.95. The van der Waals surface area contributed by atoms with E-state index in [0.29, 0.717) is 27.7 Å². The van der Waals surface area contributed by atoms with Gasteiger partial charge in [-0.3, -0.25) is 9.59 Å². The van der Waals surface area contributed by atoms with Gasteiger partial charge < -0.3 is 10.4 Å². The van der Waals surface area contributed by atoms with Crippen LogP contribution in [0.25, 0.3) is 22.2 Å². The van der Waals surface area contributed by atoms with E-state index in [1.54, 1.807) is 6.07 Å². The zero-order chi connectivity index (χ0) is 25.8. The number of nitrogens with one attached hydrogen (secondary N) is 1. The van der Waals surface area contributed by atoms with Gasteiger partial charge in [0.15, 0.2) is 0 Å². The standard InChI is InChI=1S/C28H23BrClFN2O3/c1-16-25(21-14-19(29)11-12-23(21)33-27(16)17-6-3-2-4-7-17)28(36)32-15-18(10-13-24(34)35)20-8-5-9-22(31)26(20)30/h2-9,11-12,14,18H,10,13,15H2,1H3,(H,32,36)(H,34,35)/t18-/m1/s1. The van der Waals surface area contributed by atoms with E-state index in [1.165, 1.54) is 12.1 Å². The maximum atomic E-state index is 14.1. The van der Waals surface area contributed by atoms with Crippen molar-refractivity contribution in [1.29, 1.82) is 0 Å². The minimum atomic E-state index is -0.979. The van der Waals surface area contributed by atoms with E-state index in [2.05, 4.69) is 21.2 Å². The molecule has 0 saturated carbocycles. The highest BCUT2D eigenvalue weighted by Crippen LogP contribution is 2.33. The smallest absolute Gasteiger partial charge is 0.303 e. The van der Waals surface area contributed by atoms with E-state index in [-0.39, 0.29) is 30.3 Å². The minimum Gasteiger partial charge on any atom is -0.481 e. The van der Waals surface area contributed by atoms with Crippen LogP contribution in [0.15, 0.2) is 71.2 Å². The molecular weight excluding hydrogens is 547 g/mol. The zero-order valence-corrected chi connectivity index (χ0v) is 21.7. The molecule has 8 heteroatoms. The lowest BCUT2D eigenvalue weighted by molar-refractivity contribution is -0.137. The number of hydrogen-bond acceptors (Lipinski definition) is 3. The normalized spacial score (nSPS) is 11.9. The van der Waals surface area contributed by atoms with Crippen LogP contribution < -0.4 is 5.32 Å². The first-order valence-corrected chi connectivity index (χ1v) is 12.5. The van der Waals surface area contributed by atoms with Crippen molar-refractivity contribution in [2.75, 3.05) is 6.54 Å². The summed E-state index contributed by atoms with van der Waals surface area (Å²) in [7, 11) is 0. The third kappa shape index (κ3) is 5.58. The molecule has 1 aromatic heterocycles. The van der Waals surface area contributed by atoms with Crippen LogP contribution in [0.3, 0.4) is 0 Å². The first-order valence-electron chi connectivity index (χ1n) is 11.4. The summed E-state index contributed by atoms with van der Waals surface area (Å²) in [4.78, 5) is 29.7. The molecule has 0 saturated heterocycles. The van der Waals surface area contributed by atoms with Gasteiger partial charge >= 0.3 is 5.97 Å². The summed E-state index contributed by atoms with van der Waals surface area (Å²) in [5.41, 5.74) is 3.91. The Labute approximate surface area is 221 Å². The molecular formula is C28H23BrClFN2O3. The zero-order valence-electron chi connectivity index (χ0n) is 19.4. The third-order valence-electron chi connectivity index (χ3n) is 6.10. The first-order chi connectivity index (χ1) is 17.3. The molecule has 0 aliphatic rings. The Morgan fingerprint density at radius 3 is 2.58 bits per heavy atom. The van der Waals surface area contributed by atoms with Crippen molar-refractivity contribution in [1.82, 2.24) is 10.3 Å². The van der Waals surface area contributed by atoms with Gasteiger partial charge in [0.25, 0.3) is 5.91 Å². The fourth-order valence-electron chi connectivity index (χ4n) is 4.31. The van der Waals surface area contributed by atoms with Gasteiger partial charge in [0.05, 0.1) is 21.8 Å². The van der Waals surface area contributed by atoms with Gasteiger partial charge in [-0.05, 0) is 48.7 Å². The quantitative estimate of drug-likeness (QED) is 0.236. The second-order valence-electron chi connectivity index (χ2n) is 8.47. The molecule has 0 fully saturated rings. The third-order valence-corrected chi connectivity index (χ3v) is 6.99. The van der Waals surface area contributed by atoms with Crippen molar-refractivity contribution in [2.45, 2.75) is 25.7 Å². The Balaban J connectivity index is 1.72. The molecule has 4 aromatic rings. The Kier molecular flexibility index (Phi) is 8.01. The highest BCUT2D eigenvalue weighted by atomic mass is 79.9. The summed E-state index contributed by atoms with van der Waals surface area (Å²) in [6.07, 6.45) is 0.0470. The SMILES string of the molecule is Cc1c(-c2ccccc2)nc2ccc(Br)cc2c1C(=O)NC[C@@H](CCC(=O)O)c1cccc(F)c1Cl. The van der Waals surface area contributed by atoms with Crippen LogP contribution >= 0.6 is 27.5 Å². The van der Waals surface area contributed by atoms with Crippen LogP contribution in [0, 0.1) is 12.7 Å². The van der Waals surface area contributed by atoms with E-state index < -0.39 is 17.7 Å². The highest BCUT2D eigenvalue weighted by molar-refractivity contribution is 9.10. The molecule has 0 bridgehead atoms. The summed E-state index contributed by atoms with van der Waals surface area (Å²) >= 11 is 9.68. The Bertz CT molecular complexity index is 1450. The number of carbonyl (C=O) groups is 2. The average molecular weight is 570 g/mol.